The van der Waals surface area contributed by atoms with E-state index in [1.807, 2.05) is 0 Å². The Kier molecular flexibility index (Phi) is 1.74. The standard InChI is InChI=1S/C10H13N3O/c1-10(2,3)6-4-11-5-7-8(6)13-9(14)12-7/h4-5H,1-3H3,(H2,12,13,14). The SMILES string of the molecule is CC(C)(C)c1cncc2[nH]c(=O)[nH]c12. The second-order valence-corrected chi connectivity index (χ2v) is 4.44. The van der Waals surface area contributed by atoms with Crippen LogP contribution >= 0.6 is 0 Å². The molecule has 0 fully saturated rings. The summed E-state index contributed by atoms with van der Waals surface area (Å²) in [4.78, 5) is 20.7. The summed E-state index contributed by atoms with van der Waals surface area (Å²) in [6.45, 7) is 6.28. The van der Waals surface area contributed by atoms with E-state index >= 15 is 0 Å². The number of rotatable bonds is 0. The van der Waals surface area contributed by atoms with Crippen LogP contribution in [0.25, 0.3) is 11.0 Å². The molecule has 2 aromatic rings. The maximum absolute atomic E-state index is 11.1. The molecule has 2 aromatic heterocycles. The van der Waals surface area contributed by atoms with Gasteiger partial charge < -0.3 is 9.97 Å². The van der Waals surface area contributed by atoms with E-state index in [1.165, 1.54) is 0 Å². The summed E-state index contributed by atoms with van der Waals surface area (Å²) in [5, 5.41) is 0. The van der Waals surface area contributed by atoms with E-state index in [9.17, 15) is 4.79 Å². The molecule has 0 radical (unpaired) electrons. The molecule has 0 saturated carbocycles. The number of imidazole rings is 1. The first kappa shape index (κ1) is 8.99. The Labute approximate surface area is 81.4 Å². The molecule has 0 aromatic carbocycles. The van der Waals surface area contributed by atoms with Gasteiger partial charge in [0.05, 0.1) is 17.2 Å². The van der Waals surface area contributed by atoms with Crippen LogP contribution in [0, 0.1) is 0 Å². The first-order valence-electron chi connectivity index (χ1n) is 4.55. The summed E-state index contributed by atoms with van der Waals surface area (Å²) in [5.41, 5.74) is 2.48. The molecule has 74 valence electrons. The van der Waals surface area contributed by atoms with Crippen molar-refractivity contribution in [3.63, 3.8) is 0 Å². The van der Waals surface area contributed by atoms with Gasteiger partial charge in [0, 0.05) is 11.8 Å². The molecular formula is C10H13N3O. The molecule has 0 saturated heterocycles. The van der Waals surface area contributed by atoms with Gasteiger partial charge in [0.15, 0.2) is 0 Å². The number of hydrogen-bond acceptors (Lipinski definition) is 2. The van der Waals surface area contributed by atoms with Crippen LogP contribution in [0.5, 0.6) is 0 Å². The Balaban J connectivity index is 2.83. The van der Waals surface area contributed by atoms with Crippen molar-refractivity contribution in [2.45, 2.75) is 26.2 Å². The van der Waals surface area contributed by atoms with Gasteiger partial charge >= 0.3 is 5.69 Å². The lowest BCUT2D eigenvalue weighted by atomic mass is 9.87. The maximum Gasteiger partial charge on any atom is 0.323 e. The predicted octanol–water partition coefficient (Wildman–Crippen LogP) is 1.55. The summed E-state index contributed by atoms with van der Waals surface area (Å²) in [5.74, 6) is 0. The van der Waals surface area contributed by atoms with Gasteiger partial charge in [-0.05, 0) is 5.41 Å². The quantitative estimate of drug-likeness (QED) is 0.663. The molecule has 0 atom stereocenters. The van der Waals surface area contributed by atoms with Crippen LogP contribution in [0.3, 0.4) is 0 Å². The maximum atomic E-state index is 11.1. The number of nitrogens with one attached hydrogen (secondary N) is 2. The molecule has 0 bridgehead atoms. The molecule has 0 spiro atoms. The van der Waals surface area contributed by atoms with Gasteiger partial charge in [-0.2, -0.15) is 0 Å². The molecule has 14 heavy (non-hydrogen) atoms. The molecular weight excluding hydrogens is 178 g/mol. The third-order valence-electron chi connectivity index (χ3n) is 2.24. The molecule has 0 aliphatic heterocycles. The molecule has 0 aliphatic carbocycles. The smallest absolute Gasteiger partial charge is 0.305 e. The fourth-order valence-electron chi connectivity index (χ4n) is 1.53. The number of aromatic nitrogens is 3. The summed E-state index contributed by atoms with van der Waals surface area (Å²) < 4.78 is 0. The lowest BCUT2D eigenvalue weighted by Crippen LogP contribution is -2.12. The topological polar surface area (TPSA) is 61.5 Å². The molecule has 0 amide bonds. The van der Waals surface area contributed by atoms with E-state index in [2.05, 4.69) is 35.7 Å². The number of aromatic amines is 2. The van der Waals surface area contributed by atoms with Gasteiger partial charge in [-0.3, -0.25) is 4.98 Å². The molecule has 2 heterocycles. The zero-order valence-electron chi connectivity index (χ0n) is 8.51. The van der Waals surface area contributed by atoms with Gasteiger partial charge in [0.25, 0.3) is 0 Å². The lowest BCUT2D eigenvalue weighted by molar-refractivity contribution is 0.592. The van der Waals surface area contributed by atoms with Crippen LogP contribution in [0.2, 0.25) is 0 Å². The molecule has 0 unspecified atom stereocenters. The third-order valence-corrected chi connectivity index (χ3v) is 2.24. The third kappa shape index (κ3) is 1.32. The van der Waals surface area contributed by atoms with Crippen molar-refractivity contribution in [1.82, 2.24) is 15.0 Å². The summed E-state index contributed by atoms with van der Waals surface area (Å²) >= 11 is 0. The Morgan fingerprint density at radius 3 is 2.57 bits per heavy atom. The monoisotopic (exact) mass is 191 g/mol. The number of H-pyrrole nitrogens is 2. The number of pyridine rings is 1. The van der Waals surface area contributed by atoms with Gasteiger partial charge in [-0.15, -0.1) is 0 Å². The summed E-state index contributed by atoms with van der Waals surface area (Å²) in [6.07, 6.45) is 3.45. The van der Waals surface area contributed by atoms with Crippen LogP contribution in [-0.4, -0.2) is 15.0 Å². The molecule has 4 heteroatoms. The second kappa shape index (κ2) is 2.70. The molecule has 2 rings (SSSR count). The van der Waals surface area contributed by atoms with E-state index in [1.54, 1.807) is 12.4 Å². The van der Waals surface area contributed by atoms with Gasteiger partial charge in [-0.25, -0.2) is 4.79 Å². The van der Waals surface area contributed by atoms with Crippen molar-refractivity contribution in [3.8, 4) is 0 Å². The van der Waals surface area contributed by atoms with Crippen molar-refractivity contribution in [2.75, 3.05) is 0 Å². The molecule has 2 N–H and O–H groups in total. The largest absolute Gasteiger partial charge is 0.323 e. The number of hydrogen-bond donors (Lipinski definition) is 2. The van der Waals surface area contributed by atoms with E-state index in [-0.39, 0.29) is 11.1 Å². The van der Waals surface area contributed by atoms with E-state index in [0.717, 1.165) is 16.6 Å². The summed E-state index contributed by atoms with van der Waals surface area (Å²) in [6, 6.07) is 0. The molecule has 4 nitrogen and oxygen atoms in total. The zero-order chi connectivity index (χ0) is 10.3. The van der Waals surface area contributed by atoms with Gasteiger partial charge in [0.2, 0.25) is 0 Å². The van der Waals surface area contributed by atoms with E-state index in [0.29, 0.717) is 0 Å². The number of nitrogens with zero attached hydrogens (tertiary/aromatic N) is 1. The summed E-state index contributed by atoms with van der Waals surface area (Å²) in [7, 11) is 0. The number of fused-ring (bicyclic) bond motifs is 1. The van der Waals surface area contributed by atoms with Crippen molar-refractivity contribution in [2.24, 2.45) is 0 Å². The zero-order valence-corrected chi connectivity index (χ0v) is 8.51. The normalized spacial score (nSPS) is 12.2. The van der Waals surface area contributed by atoms with Crippen LogP contribution in [-0.2, 0) is 5.41 Å². The van der Waals surface area contributed by atoms with Crippen LogP contribution in [0.4, 0.5) is 0 Å². The molecule has 0 aliphatic rings. The Morgan fingerprint density at radius 1 is 1.21 bits per heavy atom. The Morgan fingerprint density at radius 2 is 1.93 bits per heavy atom. The Bertz CT molecular complexity index is 516. The first-order chi connectivity index (χ1) is 6.48. The van der Waals surface area contributed by atoms with Crippen molar-refractivity contribution < 1.29 is 0 Å². The lowest BCUT2D eigenvalue weighted by Gasteiger charge is -2.18. The minimum atomic E-state index is -0.182. The van der Waals surface area contributed by atoms with Gasteiger partial charge in [0.1, 0.15) is 0 Å². The highest BCUT2D eigenvalue weighted by molar-refractivity contribution is 5.77. The van der Waals surface area contributed by atoms with Crippen LogP contribution in [0.15, 0.2) is 17.2 Å². The minimum absolute atomic E-state index is 0.0162. The average molecular weight is 191 g/mol. The predicted molar refractivity (Wildman–Crippen MR) is 55.4 cm³/mol. The first-order valence-corrected chi connectivity index (χ1v) is 4.55. The van der Waals surface area contributed by atoms with Crippen LogP contribution in [0.1, 0.15) is 26.3 Å². The second-order valence-electron chi connectivity index (χ2n) is 4.44. The highest BCUT2D eigenvalue weighted by Crippen LogP contribution is 2.26. The van der Waals surface area contributed by atoms with Crippen molar-refractivity contribution in [3.05, 3.63) is 28.4 Å². The average Bonchev–Trinajstić information content (AvgIpc) is 2.41. The van der Waals surface area contributed by atoms with E-state index < -0.39 is 0 Å². The van der Waals surface area contributed by atoms with Crippen molar-refractivity contribution in [1.29, 1.82) is 0 Å². The fourth-order valence-corrected chi connectivity index (χ4v) is 1.53. The van der Waals surface area contributed by atoms with Crippen LogP contribution < -0.4 is 5.69 Å². The van der Waals surface area contributed by atoms with Gasteiger partial charge in [-0.1, -0.05) is 20.8 Å². The fraction of sp³-hybridized carbons (Fsp3) is 0.400. The minimum Gasteiger partial charge on any atom is -0.305 e. The Hall–Kier alpha value is -1.58. The highest BCUT2D eigenvalue weighted by atomic mass is 16.1. The van der Waals surface area contributed by atoms with E-state index in [4.69, 9.17) is 0 Å². The van der Waals surface area contributed by atoms with Crippen molar-refractivity contribution >= 4 is 11.0 Å². The highest BCUT2D eigenvalue weighted by Gasteiger charge is 2.18.